The van der Waals surface area contributed by atoms with E-state index in [1.807, 2.05) is 19.9 Å². The standard InChI is InChI=1S/C25H22N4O3/c1-15(2)24-25(32)29-21-12-19(27-14-17-8-4-6-10-23(17)31)18(11-20(21)28-24)26-13-16-7-3-5-9-22(16)30/h3-15,30-31H,1-2H3,(H,29,32). The van der Waals surface area contributed by atoms with Crippen LogP contribution in [0.15, 0.2) is 70.6 Å². The highest BCUT2D eigenvalue weighted by Gasteiger charge is 2.13. The molecule has 0 unspecified atom stereocenters. The van der Waals surface area contributed by atoms with Gasteiger partial charge in [0.1, 0.15) is 17.2 Å². The fraction of sp³-hybridized carbons (Fsp3) is 0.120. The van der Waals surface area contributed by atoms with Crippen LogP contribution in [0.3, 0.4) is 0 Å². The third-order valence-corrected chi connectivity index (χ3v) is 4.87. The summed E-state index contributed by atoms with van der Waals surface area (Å²) >= 11 is 0. The normalized spacial score (nSPS) is 11.8. The zero-order valence-electron chi connectivity index (χ0n) is 17.6. The Morgan fingerprint density at radius 2 is 1.19 bits per heavy atom. The molecule has 0 saturated heterocycles. The number of aromatic nitrogens is 2. The van der Waals surface area contributed by atoms with E-state index in [0.717, 1.165) is 0 Å². The van der Waals surface area contributed by atoms with Crippen molar-refractivity contribution in [2.45, 2.75) is 19.8 Å². The van der Waals surface area contributed by atoms with Gasteiger partial charge in [-0.2, -0.15) is 0 Å². The first kappa shape index (κ1) is 21.0. The Hall–Kier alpha value is -4.26. The van der Waals surface area contributed by atoms with Crippen molar-refractivity contribution in [2.75, 3.05) is 0 Å². The number of phenols is 2. The van der Waals surface area contributed by atoms with Crippen molar-refractivity contribution in [3.63, 3.8) is 0 Å². The van der Waals surface area contributed by atoms with Gasteiger partial charge in [-0.3, -0.25) is 9.98 Å². The predicted molar refractivity (Wildman–Crippen MR) is 126 cm³/mol. The monoisotopic (exact) mass is 426 g/mol. The summed E-state index contributed by atoms with van der Waals surface area (Å²) in [4.78, 5) is 17.9. The van der Waals surface area contributed by atoms with E-state index in [4.69, 9.17) is 0 Å². The van der Waals surface area contributed by atoms with Crippen LogP contribution in [0.1, 0.15) is 36.6 Å². The highest BCUT2D eigenvalue weighted by Crippen LogP contribution is 2.34. The van der Waals surface area contributed by atoms with Crippen molar-refractivity contribution in [2.24, 2.45) is 9.98 Å². The van der Waals surface area contributed by atoms with Gasteiger partial charge in [0.15, 0.2) is 0 Å². The minimum Gasteiger partial charge on any atom is -0.507 e. The van der Waals surface area contributed by atoms with E-state index in [1.54, 1.807) is 60.8 Å². The maximum absolute atomic E-state index is 10.3. The minimum atomic E-state index is -0.117. The predicted octanol–water partition coefficient (Wildman–Crippen LogP) is 5.37. The molecular weight excluding hydrogens is 404 g/mol. The molecule has 4 rings (SSSR count). The van der Waals surface area contributed by atoms with Crippen molar-refractivity contribution in [1.29, 1.82) is 0 Å². The molecule has 0 aliphatic rings. The number of benzene rings is 3. The van der Waals surface area contributed by atoms with Crippen LogP contribution in [0.5, 0.6) is 17.4 Å². The van der Waals surface area contributed by atoms with Crippen molar-refractivity contribution in [3.8, 4) is 17.4 Å². The molecule has 0 saturated carbocycles. The van der Waals surface area contributed by atoms with E-state index in [-0.39, 0.29) is 23.3 Å². The van der Waals surface area contributed by atoms with E-state index in [2.05, 4.69) is 20.0 Å². The molecule has 0 aliphatic carbocycles. The number of fused-ring (bicyclic) bond motifs is 1. The first-order valence-corrected chi connectivity index (χ1v) is 10.1. The molecule has 3 aromatic carbocycles. The van der Waals surface area contributed by atoms with Gasteiger partial charge in [-0.15, -0.1) is 0 Å². The van der Waals surface area contributed by atoms with Gasteiger partial charge in [0.2, 0.25) is 5.88 Å². The first-order valence-electron chi connectivity index (χ1n) is 10.1. The van der Waals surface area contributed by atoms with Crippen LogP contribution in [-0.2, 0) is 0 Å². The van der Waals surface area contributed by atoms with E-state index in [0.29, 0.717) is 39.2 Å². The Kier molecular flexibility index (Phi) is 5.81. The van der Waals surface area contributed by atoms with Crippen molar-refractivity contribution >= 4 is 34.8 Å². The van der Waals surface area contributed by atoms with Crippen molar-refractivity contribution in [3.05, 3.63) is 77.5 Å². The largest absolute Gasteiger partial charge is 0.507 e. The SMILES string of the molecule is CC(C)c1nc2cc(N=Cc3ccccc3O)c(N=Cc3ccccc3O)cc2nc1O. The smallest absolute Gasteiger partial charge is 0.234 e. The fourth-order valence-electron chi connectivity index (χ4n) is 3.15. The van der Waals surface area contributed by atoms with Crippen molar-refractivity contribution < 1.29 is 15.3 Å². The number of nitrogens with zero attached hydrogens (tertiary/aromatic N) is 4. The average molecular weight is 426 g/mol. The lowest BCUT2D eigenvalue weighted by molar-refractivity contribution is 0.441. The van der Waals surface area contributed by atoms with Crippen molar-refractivity contribution in [1.82, 2.24) is 9.97 Å². The molecule has 0 amide bonds. The molecular formula is C25H22N4O3. The summed E-state index contributed by atoms with van der Waals surface area (Å²) < 4.78 is 0. The number of hydrogen-bond donors (Lipinski definition) is 3. The summed E-state index contributed by atoms with van der Waals surface area (Å²) in [6.45, 7) is 3.86. The molecule has 0 spiro atoms. The molecule has 7 nitrogen and oxygen atoms in total. The van der Waals surface area contributed by atoms with Crippen LogP contribution in [0, 0.1) is 0 Å². The van der Waals surface area contributed by atoms with Crippen LogP contribution in [0.4, 0.5) is 11.4 Å². The number of aromatic hydroxyl groups is 3. The summed E-state index contributed by atoms with van der Waals surface area (Å²) in [6.07, 6.45) is 3.08. The number of rotatable bonds is 5. The van der Waals surface area contributed by atoms with Gasteiger partial charge in [-0.25, -0.2) is 9.97 Å². The van der Waals surface area contributed by atoms with Crippen LogP contribution in [-0.4, -0.2) is 37.7 Å². The lowest BCUT2D eigenvalue weighted by Crippen LogP contribution is -1.97. The molecule has 1 aromatic heterocycles. The van der Waals surface area contributed by atoms with Gasteiger partial charge in [-0.1, -0.05) is 38.1 Å². The van der Waals surface area contributed by atoms with Gasteiger partial charge >= 0.3 is 0 Å². The quantitative estimate of drug-likeness (QED) is 0.372. The Morgan fingerprint density at radius 1 is 0.719 bits per heavy atom. The van der Waals surface area contributed by atoms with Crippen LogP contribution in [0.2, 0.25) is 0 Å². The summed E-state index contributed by atoms with van der Waals surface area (Å²) in [6, 6.07) is 17.2. The summed E-state index contributed by atoms with van der Waals surface area (Å²) in [5.74, 6) is 0.103. The minimum absolute atomic E-state index is 0.00105. The third kappa shape index (κ3) is 4.41. The molecule has 0 fully saturated rings. The molecule has 4 aromatic rings. The Balaban J connectivity index is 1.85. The van der Waals surface area contributed by atoms with Crippen LogP contribution >= 0.6 is 0 Å². The second-order valence-electron chi connectivity index (χ2n) is 7.55. The van der Waals surface area contributed by atoms with E-state index < -0.39 is 0 Å². The topological polar surface area (TPSA) is 111 Å². The summed E-state index contributed by atoms with van der Waals surface area (Å²) in [5.41, 5.74) is 3.62. The Morgan fingerprint density at radius 3 is 1.66 bits per heavy atom. The molecule has 3 N–H and O–H groups in total. The van der Waals surface area contributed by atoms with Crippen LogP contribution < -0.4 is 0 Å². The Labute approximate surface area is 185 Å². The highest BCUT2D eigenvalue weighted by atomic mass is 16.3. The second kappa shape index (κ2) is 8.85. The average Bonchev–Trinajstić information content (AvgIpc) is 2.77. The number of para-hydroxylation sites is 2. The Bertz CT molecular complexity index is 1350. The number of phenolic OH excluding ortho intramolecular Hbond substituents is 2. The molecule has 160 valence electrons. The van der Waals surface area contributed by atoms with E-state index in [1.165, 1.54) is 6.21 Å². The highest BCUT2D eigenvalue weighted by molar-refractivity contribution is 5.93. The molecule has 0 radical (unpaired) electrons. The molecule has 7 heteroatoms. The van der Waals surface area contributed by atoms with Gasteiger partial charge < -0.3 is 15.3 Å². The number of aliphatic imine (C=N–C) groups is 2. The molecule has 1 heterocycles. The lowest BCUT2D eigenvalue weighted by Gasteiger charge is -2.09. The maximum atomic E-state index is 10.3. The lowest BCUT2D eigenvalue weighted by atomic mass is 10.1. The fourth-order valence-corrected chi connectivity index (χ4v) is 3.15. The first-order chi connectivity index (χ1) is 15.4. The zero-order chi connectivity index (χ0) is 22.7. The molecule has 0 atom stereocenters. The molecule has 0 bridgehead atoms. The number of hydrogen-bond acceptors (Lipinski definition) is 7. The van der Waals surface area contributed by atoms with Gasteiger partial charge in [0.05, 0.1) is 22.4 Å². The zero-order valence-corrected chi connectivity index (χ0v) is 17.6. The van der Waals surface area contributed by atoms with Gasteiger partial charge in [0.25, 0.3) is 0 Å². The van der Waals surface area contributed by atoms with Crippen LogP contribution in [0.25, 0.3) is 11.0 Å². The molecule has 0 aliphatic heterocycles. The summed E-state index contributed by atoms with van der Waals surface area (Å²) in [5, 5.41) is 30.3. The molecule has 32 heavy (non-hydrogen) atoms. The van der Waals surface area contributed by atoms with Gasteiger partial charge in [0, 0.05) is 29.5 Å². The van der Waals surface area contributed by atoms with E-state index in [9.17, 15) is 15.3 Å². The van der Waals surface area contributed by atoms with E-state index >= 15 is 0 Å². The maximum Gasteiger partial charge on any atom is 0.234 e. The van der Waals surface area contributed by atoms with Gasteiger partial charge in [-0.05, 0) is 36.4 Å². The third-order valence-electron chi connectivity index (χ3n) is 4.87. The second-order valence-corrected chi connectivity index (χ2v) is 7.55. The summed E-state index contributed by atoms with van der Waals surface area (Å²) in [7, 11) is 0.